The second-order valence-corrected chi connectivity index (χ2v) is 2.14. The normalized spacial score (nSPS) is 9.00. The van der Waals surface area contributed by atoms with Crippen LogP contribution in [0.15, 0.2) is 12.3 Å². The molecule has 0 aromatic rings. The van der Waals surface area contributed by atoms with Crippen LogP contribution in [0.5, 0.6) is 0 Å². The number of rotatable bonds is 4. The van der Waals surface area contributed by atoms with E-state index in [4.69, 9.17) is 0 Å². The Labute approximate surface area is 87.0 Å². The van der Waals surface area contributed by atoms with Gasteiger partial charge in [0.05, 0.1) is 20.8 Å². The lowest BCUT2D eigenvalue weighted by molar-refractivity contribution is -0.302. The topological polar surface area (TPSA) is 74.3 Å². The van der Waals surface area contributed by atoms with Crippen molar-refractivity contribution in [1.82, 2.24) is 5.23 Å². The number of amides is 1. The van der Waals surface area contributed by atoms with Crippen molar-refractivity contribution < 1.29 is 28.7 Å². The smallest absolute Gasteiger partial charge is 0.469 e. The van der Waals surface area contributed by atoms with Crippen molar-refractivity contribution in [2.24, 2.45) is 0 Å². The maximum atomic E-state index is 11.1. The molecule has 86 valence electrons. The van der Waals surface area contributed by atoms with Gasteiger partial charge in [-0.2, -0.15) is 0 Å². The SMILES string of the molecule is C=C(OC)C(=O)ON(OC)C(=O)OCC. The van der Waals surface area contributed by atoms with Crippen LogP contribution >= 0.6 is 0 Å². The fourth-order valence-corrected chi connectivity index (χ4v) is 0.535. The van der Waals surface area contributed by atoms with E-state index in [1.807, 2.05) is 0 Å². The quantitative estimate of drug-likeness (QED) is 0.392. The lowest BCUT2D eigenvalue weighted by Crippen LogP contribution is -2.33. The molecule has 0 spiro atoms. The summed E-state index contributed by atoms with van der Waals surface area (Å²) in [6.45, 7) is 4.96. The summed E-state index contributed by atoms with van der Waals surface area (Å²) in [5.41, 5.74) is 0. The van der Waals surface area contributed by atoms with E-state index in [1.165, 1.54) is 7.11 Å². The van der Waals surface area contributed by atoms with E-state index in [2.05, 4.69) is 25.7 Å². The molecule has 0 rings (SSSR count). The predicted molar refractivity (Wildman–Crippen MR) is 48.1 cm³/mol. The molecule has 0 bridgehead atoms. The van der Waals surface area contributed by atoms with Crippen molar-refractivity contribution in [3.05, 3.63) is 12.3 Å². The molecule has 7 nitrogen and oxygen atoms in total. The molecule has 0 heterocycles. The van der Waals surface area contributed by atoms with Crippen molar-refractivity contribution in [1.29, 1.82) is 0 Å². The zero-order valence-electron chi connectivity index (χ0n) is 8.81. The highest BCUT2D eigenvalue weighted by Gasteiger charge is 2.22. The summed E-state index contributed by atoms with van der Waals surface area (Å²) in [6.07, 6.45) is -0.947. The van der Waals surface area contributed by atoms with E-state index in [9.17, 15) is 9.59 Å². The average Bonchev–Trinajstić information content (AvgIpc) is 2.24. The van der Waals surface area contributed by atoms with Gasteiger partial charge in [0.25, 0.3) is 0 Å². The lowest BCUT2D eigenvalue weighted by Gasteiger charge is -2.16. The molecule has 0 N–H and O–H groups in total. The lowest BCUT2D eigenvalue weighted by atomic mass is 10.6. The molecule has 0 aromatic heterocycles. The highest BCUT2D eigenvalue weighted by Crippen LogP contribution is 2.01. The molecule has 0 aliphatic rings. The third-order valence-electron chi connectivity index (χ3n) is 1.22. The number of ether oxygens (including phenoxy) is 2. The summed E-state index contributed by atoms with van der Waals surface area (Å²) in [5.74, 6) is -1.21. The largest absolute Gasteiger partial charge is 0.490 e. The third-order valence-corrected chi connectivity index (χ3v) is 1.22. The molecule has 0 saturated carbocycles. The van der Waals surface area contributed by atoms with E-state index in [1.54, 1.807) is 6.92 Å². The Morgan fingerprint density at radius 1 is 1.33 bits per heavy atom. The number of hydrogen-bond donors (Lipinski definition) is 0. The highest BCUT2D eigenvalue weighted by atomic mass is 17.0. The van der Waals surface area contributed by atoms with Crippen LogP contribution in [0.3, 0.4) is 0 Å². The van der Waals surface area contributed by atoms with Gasteiger partial charge in [-0.3, -0.25) is 4.84 Å². The Morgan fingerprint density at radius 3 is 2.33 bits per heavy atom. The van der Waals surface area contributed by atoms with Gasteiger partial charge in [-0.05, 0) is 13.5 Å². The first-order chi connectivity index (χ1) is 7.06. The van der Waals surface area contributed by atoms with E-state index in [-0.39, 0.29) is 17.6 Å². The number of carbonyl (C=O) groups is 2. The van der Waals surface area contributed by atoms with E-state index < -0.39 is 12.1 Å². The molecule has 0 saturated heterocycles. The molecular weight excluding hydrogens is 206 g/mol. The molecule has 1 amide bonds. The summed E-state index contributed by atoms with van der Waals surface area (Å²) in [4.78, 5) is 31.0. The minimum atomic E-state index is -0.951. The summed E-state index contributed by atoms with van der Waals surface area (Å²) in [5, 5.41) is 0.288. The first kappa shape index (κ1) is 13.2. The fourth-order valence-electron chi connectivity index (χ4n) is 0.535. The zero-order chi connectivity index (χ0) is 11.8. The van der Waals surface area contributed by atoms with Crippen LogP contribution in [0.4, 0.5) is 4.79 Å². The predicted octanol–water partition coefficient (Wildman–Crippen LogP) is 0.625. The van der Waals surface area contributed by atoms with Crippen molar-refractivity contribution in [3.63, 3.8) is 0 Å². The highest BCUT2D eigenvalue weighted by molar-refractivity contribution is 5.86. The zero-order valence-corrected chi connectivity index (χ0v) is 8.81. The van der Waals surface area contributed by atoms with Gasteiger partial charge in [0.2, 0.25) is 0 Å². The molecule has 0 aliphatic carbocycles. The summed E-state index contributed by atoms with van der Waals surface area (Å²) >= 11 is 0. The number of carbonyl (C=O) groups excluding carboxylic acids is 2. The van der Waals surface area contributed by atoms with Crippen LogP contribution < -0.4 is 0 Å². The summed E-state index contributed by atoms with van der Waals surface area (Å²) < 4.78 is 9.02. The van der Waals surface area contributed by atoms with Crippen LogP contribution in [-0.4, -0.2) is 38.1 Å². The van der Waals surface area contributed by atoms with Crippen molar-refractivity contribution in [2.75, 3.05) is 20.8 Å². The molecule has 0 fully saturated rings. The number of hydrogen-bond acceptors (Lipinski definition) is 6. The van der Waals surface area contributed by atoms with Crippen LogP contribution in [0.25, 0.3) is 0 Å². The standard InChI is InChI=1S/C8H13NO6/c1-5-14-8(11)9(13-4)15-7(10)6(2)12-3/h2,5H2,1,3-4H3. The van der Waals surface area contributed by atoms with E-state index >= 15 is 0 Å². The average molecular weight is 219 g/mol. The van der Waals surface area contributed by atoms with E-state index in [0.717, 1.165) is 7.11 Å². The van der Waals surface area contributed by atoms with Gasteiger partial charge in [0.1, 0.15) is 0 Å². The maximum Gasteiger partial charge on any atom is 0.469 e. The van der Waals surface area contributed by atoms with Gasteiger partial charge in [-0.25, -0.2) is 14.4 Å². The molecule has 0 radical (unpaired) electrons. The van der Waals surface area contributed by atoms with Crippen LogP contribution in [0.1, 0.15) is 6.92 Å². The van der Waals surface area contributed by atoms with Crippen LogP contribution in [0, 0.1) is 0 Å². The Morgan fingerprint density at radius 2 is 1.93 bits per heavy atom. The number of methoxy groups -OCH3 is 1. The minimum absolute atomic E-state index is 0.126. The molecule has 0 aromatic carbocycles. The Hall–Kier alpha value is -1.76. The fraction of sp³-hybridized carbons (Fsp3) is 0.500. The Balaban J connectivity index is 4.26. The van der Waals surface area contributed by atoms with Gasteiger partial charge < -0.3 is 9.47 Å². The van der Waals surface area contributed by atoms with Crippen molar-refractivity contribution in [2.45, 2.75) is 6.92 Å². The Kier molecular flexibility index (Phi) is 5.88. The van der Waals surface area contributed by atoms with Gasteiger partial charge in [-0.1, -0.05) is 0 Å². The molecule has 15 heavy (non-hydrogen) atoms. The second kappa shape index (κ2) is 6.66. The summed E-state index contributed by atoms with van der Waals surface area (Å²) in [6, 6.07) is 0. The van der Waals surface area contributed by atoms with Crippen molar-refractivity contribution >= 4 is 12.1 Å². The first-order valence-corrected chi connectivity index (χ1v) is 4.03. The van der Waals surface area contributed by atoms with E-state index in [0.29, 0.717) is 0 Å². The van der Waals surface area contributed by atoms with Gasteiger partial charge in [0, 0.05) is 5.23 Å². The second-order valence-electron chi connectivity index (χ2n) is 2.14. The van der Waals surface area contributed by atoms with Crippen molar-refractivity contribution in [3.8, 4) is 0 Å². The number of hydroxylamine groups is 2. The Bertz CT molecular complexity index is 252. The molecular formula is C8H13NO6. The maximum absolute atomic E-state index is 11.1. The molecule has 0 unspecified atom stereocenters. The minimum Gasteiger partial charge on any atom is -0.490 e. The molecule has 0 atom stereocenters. The summed E-state index contributed by atoms with van der Waals surface area (Å²) in [7, 11) is 2.38. The third kappa shape index (κ3) is 4.32. The number of nitrogens with zero attached hydrogens (tertiary/aromatic N) is 1. The van der Waals surface area contributed by atoms with Gasteiger partial charge >= 0.3 is 12.1 Å². The van der Waals surface area contributed by atoms with Gasteiger partial charge in [-0.15, -0.1) is 0 Å². The van der Waals surface area contributed by atoms with Gasteiger partial charge in [0.15, 0.2) is 5.76 Å². The van der Waals surface area contributed by atoms with Crippen LogP contribution in [0.2, 0.25) is 0 Å². The molecule has 0 aliphatic heterocycles. The first-order valence-electron chi connectivity index (χ1n) is 4.03. The van der Waals surface area contributed by atoms with Crippen LogP contribution in [-0.2, 0) is 23.9 Å². The monoisotopic (exact) mass is 219 g/mol. The molecule has 7 heteroatoms.